The van der Waals surface area contributed by atoms with Gasteiger partial charge in [0.05, 0.1) is 17.3 Å². The molecule has 112 valence electrons. The second kappa shape index (κ2) is 4.96. The fourth-order valence-electron chi connectivity index (χ4n) is 2.23. The van der Waals surface area contributed by atoms with Crippen molar-refractivity contribution >= 4 is 11.9 Å². The zero-order valence-electron chi connectivity index (χ0n) is 12.8. The van der Waals surface area contributed by atoms with Crippen LogP contribution in [0.5, 0.6) is 0 Å². The van der Waals surface area contributed by atoms with Gasteiger partial charge in [0.15, 0.2) is 0 Å². The van der Waals surface area contributed by atoms with Gasteiger partial charge < -0.3 is 14.9 Å². The summed E-state index contributed by atoms with van der Waals surface area (Å²) >= 11 is 0. The van der Waals surface area contributed by atoms with Crippen LogP contribution in [0.25, 0.3) is 0 Å². The van der Waals surface area contributed by atoms with Crippen LogP contribution >= 0.6 is 0 Å². The first kappa shape index (κ1) is 16.3. The Balaban J connectivity index is 3.65. The number of aliphatic carboxylic acids is 2. The lowest BCUT2D eigenvalue weighted by atomic mass is 9.60. The van der Waals surface area contributed by atoms with E-state index in [2.05, 4.69) is 0 Å². The lowest BCUT2D eigenvalue weighted by Gasteiger charge is -2.44. The van der Waals surface area contributed by atoms with Gasteiger partial charge in [0.1, 0.15) is 5.76 Å². The van der Waals surface area contributed by atoms with E-state index in [9.17, 15) is 19.8 Å². The Labute approximate surface area is 118 Å². The van der Waals surface area contributed by atoms with Crippen LogP contribution in [-0.4, -0.2) is 28.3 Å². The SMILES string of the molecule is CC(C)OC1=C(C(=O)O)C(C)(C)C(C)(C)C=C1C(=O)O. The molecule has 0 spiro atoms. The van der Waals surface area contributed by atoms with Gasteiger partial charge in [-0.3, -0.25) is 0 Å². The molecule has 1 aliphatic carbocycles. The number of ether oxygens (including phenoxy) is 1. The average molecular weight is 282 g/mol. The molecule has 0 amide bonds. The summed E-state index contributed by atoms with van der Waals surface area (Å²) in [6, 6.07) is 0. The minimum Gasteiger partial charge on any atom is -0.490 e. The number of allylic oxidation sites excluding steroid dienone is 1. The van der Waals surface area contributed by atoms with E-state index in [-0.39, 0.29) is 23.0 Å². The Kier molecular flexibility index (Phi) is 4.04. The smallest absolute Gasteiger partial charge is 0.339 e. The van der Waals surface area contributed by atoms with Crippen molar-refractivity contribution in [2.75, 3.05) is 0 Å². The molecular formula is C15H22O5. The Morgan fingerprint density at radius 3 is 1.95 bits per heavy atom. The van der Waals surface area contributed by atoms with Crippen molar-refractivity contribution in [3.63, 3.8) is 0 Å². The second-order valence-electron chi connectivity index (χ2n) is 6.39. The van der Waals surface area contributed by atoms with E-state index in [4.69, 9.17) is 4.74 Å². The highest BCUT2D eigenvalue weighted by atomic mass is 16.5. The van der Waals surface area contributed by atoms with Gasteiger partial charge in [0, 0.05) is 5.41 Å². The maximum Gasteiger partial charge on any atom is 0.339 e. The van der Waals surface area contributed by atoms with Gasteiger partial charge in [-0.15, -0.1) is 0 Å². The Hall–Kier alpha value is -1.78. The molecule has 0 fully saturated rings. The standard InChI is InChI=1S/C15H22O5/c1-8(2)20-11-9(12(16)17)7-14(3,4)15(5,6)10(11)13(18)19/h7-8H,1-6H3,(H,16,17)(H,18,19). The van der Waals surface area contributed by atoms with Crippen LogP contribution in [0.1, 0.15) is 41.5 Å². The van der Waals surface area contributed by atoms with Crippen LogP contribution in [0.15, 0.2) is 23.0 Å². The molecular weight excluding hydrogens is 260 g/mol. The van der Waals surface area contributed by atoms with Gasteiger partial charge in [0.25, 0.3) is 0 Å². The molecule has 0 heterocycles. The molecule has 0 saturated carbocycles. The van der Waals surface area contributed by atoms with Gasteiger partial charge in [-0.05, 0) is 19.3 Å². The normalized spacial score (nSPS) is 20.6. The van der Waals surface area contributed by atoms with E-state index in [0.717, 1.165) is 0 Å². The van der Waals surface area contributed by atoms with E-state index in [0.29, 0.717) is 0 Å². The summed E-state index contributed by atoms with van der Waals surface area (Å²) < 4.78 is 5.52. The van der Waals surface area contributed by atoms with Crippen molar-refractivity contribution in [2.24, 2.45) is 10.8 Å². The summed E-state index contributed by atoms with van der Waals surface area (Å²) in [5, 5.41) is 18.9. The monoisotopic (exact) mass is 282 g/mol. The third kappa shape index (κ3) is 2.57. The van der Waals surface area contributed by atoms with E-state index in [1.165, 1.54) is 0 Å². The quantitative estimate of drug-likeness (QED) is 0.828. The van der Waals surface area contributed by atoms with Crippen molar-refractivity contribution in [3.8, 4) is 0 Å². The summed E-state index contributed by atoms with van der Waals surface area (Å²) in [6.07, 6.45) is 1.28. The van der Waals surface area contributed by atoms with Gasteiger partial charge in [-0.25, -0.2) is 9.59 Å². The number of carbonyl (C=O) groups is 2. The number of hydrogen-bond acceptors (Lipinski definition) is 3. The summed E-state index contributed by atoms with van der Waals surface area (Å²) in [5.41, 5.74) is -1.43. The fourth-order valence-corrected chi connectivity index (χ4v) is 2.23. The first-order valence-electron chi connectivity index (χ1n) is 6.53. The molecule has 0 aromatic heterocycles. The first-order valence-corrected chi connectivity index (χ1v) is 6.53. The van der Waals surface area contributed by atoms with Gasteiger partial charge in [-0.2, -0.15) is 0 Å². The van der Waals surface area contributed by atoms with Crippen molar-refractivity contribution in [1.29, 1.82) is 0 Å². The van der Waals surface area contributed by atoms with Crippen molar-refractivity contribution in [1.82, 2.24) is 0 Å². The summed E-state index contributed by atoms with van der Waals surface area (Å²) in [5.74, 6) is -2.36. The zero-order valence-corrected chi connectivity index (χ0v) is 12.8. The molecule has 1 aliphatic rings. The predicted octanol–water partition coefficient (Wildman–Crippen LogP) is 2.83. The summed E-state index contributed by atoms with van der Waals surface area (Å²) in [6.45, 7) is 10.7. The first-order chi connectivity index (χ1) is 8.91. The van der Waals surface area contributed by atoms with Crippen LogP contribution in [0.3, 0.4) is 0 Å². The fraction of sp³-hybridized carbons (Fsp3) is 0.600. The molecule has 0 aromatic rings. The minimum absolute atomic E-state index is 0.0103. The average Bonchev–Trinajstić information content (AvgIpc) is 2.21. The largest absolute Gasteiger partial charge is 0.490 e. The molecule has 2 N–H and O–H groups in total. The molecule has 0 atom stereocenters. The number of carboxylic acids is 2. The Morgan fingerprint density at radius 1 is 1.10 bits per heavy atom. The second-order valence-corrected chi connectivity index (χ2v) is 6.39. The van der Waals surface area contributed by atoms with E-state index in [1.807, 2.05) is 13.8 Å². The van der Waals surface area contributed by atoms with E-state index in [1.54, 1.807) is 33.8 Å². The molecule has 0 saturated heterocycles. The van der Waals surface area contributed by atoms with Crippen molar-refractivity contribution in [3.05, 3.63) is 23.0 Å². The third-order valence-corrected chi connectivity index (χ3v) is 4.01. The van der Waals surface area contributed by atoms with Gasteiger partial charge in [0.2, 0.25) is 0 Å². The molecule has 0 radical (unpaired) electrons. The van der Waals surface area contributed by atoms with Crippen LogP contribution in [0.4, 0.5) is 0 Å². The molecule has 5 nitrogen and oxygen atoms in total. The molecule has 5 heteroatoms. The predicted molar refractivity (Wildman–Crippen MR) is 74.2 cm³/mol. The lowest BCUT2D eigenvalue weighted by molar-refractivity contribution is -0.135. The van der Waals surface area contributed by atoms with Gasteiger partial charge in [-0.1, -0.05) is 33.8 Å². The maximum atomic E-state index is 11.7. The molecule has 20 heavy (non-hydrogen) atoms. The van der Waals surface area contributed by atoms with Crippen molar-refractivity contribution < 1.29 is 24.5 Å². The Morgan fingerprint density at radius 2 is 1.60 bits per heavy atom. The van der Waals surface area contributed by atoms with Crippen LogP contribution in [0, 0.1) is 10.8 Å². The molecule has 0 aromatic carbocycles. The Bertz CT molecular complexity index is 506. The van der Waals surface area contributed by atoms with Crippen molar-refractivity contribution in [2.45, 2.75) is 47.6 Å². The summed E-state index contributed by atoms with van der Waals surface area (Å²) in [7, 11) is 0. The van der Waals surface area contributed by atoms with E-state index < -0.39 is 22.8 Å². The highest BCUT2D eigenvalue weighted by molar-refractivity contribution is 5.98. The zero-order chi connectivity index (χ0) is 15.9. The highest BCUT2D eigenvalue weighted by Gasteiger charge is 2.49. The van der Waals surface area contributed by atoms with Gasteiger partial charge >= 0.3 is 11.9 Å². The van der Waals surface area contributed by atoms with Crippen LogP contribution in [-0.2, 0) is 14.3 Å². The molecule has 0 aliphatic heterocycles. The lowest BCUT2D eigenvalue weighted by Crippen LogP contribution is -2.41. The molecule has 0 bridgehead atoms. The van der Waals surface area contributed by atoms with E-state index >= 15 is 0 Å². The molecule has 1 rings (SSSR count). The third-order valence-electron chi connectivity index (χ3n) is 4.01. The maximum absolute atomic E-state index is 11.7. The topological polar surface area (TPSA) is 83.8 Å². The summed E-state index contributed by atoms with van der Waals surface area (Å²) in [4.78, 5) is 23.1. The molecule has 0 unspecified atom stereocenters. The van der Waals surface area contributed by atoms with Crippen LogP contribution in [0.2, 0.25) is 0 Å². The number of rotatable bonds is 4. The number of hydrogen-bond donors (Lipinski definition) is 2. The number of carboxylic acid groups (broad SMARTS) is 2. The van der Waals surface area contributed by atoms with Crippen LogP contribution < -0.4 is 0 Å². The minimum atomic E-state index is -1.18. The highest BCUT2D eigenvalue weighted by Crippen LogP contribution is 2.51.